The van der Waals surface area contributed by atoms with E-state index in [1.165, 1.54) is 0 Å². The Balaban J connectivity index is 1.70. The molecule has 2 N–H and O–H groups in total. The number of aliphatic hydroxyl groups excluding tert-OH is 1. The number of alkyl halides is 1. The van der Waals surface area contributed by atoms with Gasteiger partial charge in [0.2, 0.25) is 0 Å². The van der Waals surface area contributed by atoms with Gasteiger partial charge in [-0.05, 0) is 50.5 Å². The molecular weight excluding hydrogens is 427 g/mol. The van der Waals surface area contributed by atoms with E-state index in [2.05, 4.69) is 4.18 Å². The van der Waals surface area contributed by atoms with E-state index in [4.69, 9.17) is 0 Å². The number of carbonyl (C=O) groups is 2. The smallest absolute Gasteiger partial charge is 0.264 e. The van der Waals surface area contributed by atoms with Gasteiger partial charge in [-0.3, -0.25) is 13.8 Å². The fourth-order valence-corrected chi connectivity index (χ4v) is 7.63. The van der Waals surface area contributed by atoms with Crippen molar-refractivity contribution >= 4 is 21.7 Å². The fraction of sp³-hybridized carbons (Fsp3) is 0.818. The molecule has 4 aliphatic carbocycles. The van der Waals surface area contributed by atoms with Crippen molar-refractivity contribution in [1.82, 2.24) is 0 Å². The van der Waals surface area contributed by atoms with E-state index >= 15 is 4.39 Å². The standard InChI is InChI=1S/C22H31FO7S/c1-19-8-6-14(24)10-13(19)4-5-16-15-7-9-21(27,18(26)12-30-31(3,28)29)20(15,2)11-17(25)22(16,19)23/h10,15-17,25,27H,4-9,11-12H2,1-3H3/t15-,16-,17-,19?,20-,21-,22-/m0/s1. The van der Waals surface area contributed by atoms with Gasteiger partial charge in [-0.15, -0.1) is 0 Å². The summed E-state index contributed by atoms with van der Waals surface area (Å²) in [4.78, 5) is 24.8. The minimum atomic E-state index is -3.87. The molecule has 0 bridgehead atoms. The highest BCUT2D eigenvalue weighted by Gasteiger charge is 2.74. The zero-order valence-corrected chi connectivity index (χ0v) is 19.0. The van der Waals surface area contributed by atoms with E-state index in [0.29, 0.717) is 25.7 Å². The van der Waals surface area contributed by atoms with Crippen LogP contribution in [0.25, 0.3) is 0 Å². The van der Waals surface area contributed by atoms with Gasteiger partial charge in [0.1, 0.15) is 17.9 Å². The van der Waals surface area contributed by atoms with Gasteiger partial charge in [0.25, 0.3) is 10.1 Å². The van der Waals surface area contributed by atoms with Crippen molar-refractivity contribution in [3.63, 3.8) is 0 Å². The third-order valence-electron chi connectivity index (χ3n) is 9.06. The number of halogens is 1. The first-order chi connectivity index (χ1) is 14.2. The van der Waals surface area contributed by atoms with Crippen LogP contribution >= 0.6 is 0 Å². The maximum absolute atomic E-state index is 17.0. The van der Waals surface area contributed by atoms with Crippen LogP contribution in [-0.2, 0) is 23.9 Å². The van der Waals surface area contributed by atoms with Crippen LogP contribution in [-0.4, -0.2) is 60.4 Å². The van der Waals surface area contributed by atoms with E-state index in [0.717, 1.165) is 11.8 Å². The van der Waals surface area contributed by atoms with E-state index in [9.17, 15) is 28.2 Å². The van der Waals surface area contributed by atoms with Gasteiger partial charge in [-0.2, -0.15) is 8.42 Å². The van der Waals surface area contributed by atoms with Crippen LogP contribution in [0.1, 0.15) is 58.8 Å². The van der Waals surface area contributed by atoms with Crippen molar-refractivity contribution in [1.29, 1.82) is 0 Å². The van der Waals surface area contributed by atoms with Gasteiger partial charge in [0.15, 0.2) is 11.6 Å². The Kier molecular flexibility index (Phi) is 5.14. The number of hydrogen-bond donors (Lipinski definition) is 2. The van der Waals surface area contributed by atoms with Crippen molar-refractivity contribution in [2.24, 2.45) is 22.7 Å². The summed E-state index contributed by atoms with van der Waals surface area (Å²) < 4.78 is 44.2. The van der Waals surface area contributed by atoms with Crippen LogP contribution in [0.5, 0.6) is 0 Å². The molecule has 0 amide bonds. The highest BCUT2D eigenvalue weighted by atomic mass is 32.2. The molecule has 3 saturated carbocycles. The van der Waals surface area contributed by atoms with Crippen LogP contribution in [0.4, 0.5) is 4.39 Å². The second kappa shape index (κ2) is 6.92. The molecule has 0 aromatic rings. The predicted octanol–water partition coefficient (Wildman–Crippen LogP) is 1.86. The summed E-state index contributed by atoms with van der Waals surface area (Å²) >= 11 is 0. The SMILES string of the molecule is CC12CCC(=O)C=C1CC[C@H]1[C@@H]3CC[C@](O)(C(=O)COS(C)(=O)=O)[C@@]3(C)C[C@H](O)[C@@]12F. The molecule has 0 aromatic heterocycles. The maximum Gasteiger partial charge on any atom is 0.264 e. The number of ketones is 2. The summed E-state index contributed by atoms with van der Waals surface area (Å²) in [5.41, 5.74) is -5.18. The molecule has 0 radical (unpaired) electrons. The third-order valence-corrected chi connectivity index (χ3v) is 9.61. The number of fused-ring (bicyclic) bond motifs is 5. The summed E-state index contributed by atoms with van der Waals surface area (Å²) in [5.74, 6) is -1.71. The van der Waals surface area contributed by atoms with Crippen LogP contribution in [0.3, 0.4) is 0 Å². The fourth-order valence-electron chi connectivity index (χ4n) is 7.31. The normalized spacial score (nSPS) is 47.2. The van der Waals surface area contributed by atoms with Gasteiger partial charge in [-0.25, -0.2) is 4.39 Å². The van der Waals surface area contributed by atoms with Gasteiger partial charge >= 0.3 is 0 Å². The Morgan fingerprint density at radius 3 is 2.55 bits per heavy atom. The molecule has 9 heteroatoms. The second-order valence-corrected chi connectivity index (χ2v) is 12.1. The van der Waals surface area contributed by atoms with Crippen molar-refractivity contribution in [3.05, 3.63) is 11.6 Å². The maximum atomic E-state index is 17.0. The first-order valence-electron chi connectivity index (χ1n) is 10.9. The molecule has 0 heterocycles. The van der Waals surface area contributed by atoms with Crippen LogP contribution in [0.15, 0.2) is 11.6 Å². The predicted molar refractivity (Wildman–Crippen MR) is 109 cm³/mol. The molecule has 174 valence electrons. The van der Waals surface area contributed by atoms with Crippen molar-refractivity contribution in [3.8, 4) is 0 Å². The Labute approximate surface area is 182 Å². The second-order valence-electron chi connectivity index (χ2n) is 10.4. The van der Waals surface area contributed by atoms with Crippen molar-refractivity contribution < 1.29 is 36.8 Å². The molecule has 31 heavy (non-hydrogen) atoms. The summed E-state index contributed by atoms with van der Waals surface area (Å²) in [7, 11) is -3.87. The number of aliphatic hydroxyl groups is 2. The molecule has 7 nitrogen and oxygen atoms in total. The molecule has 0 aliphatic heterocycles. The van der Waals surface area contributed by atoms with Crippen LogP contribution < -0.4 is 0 Å². The van der Waals surface area contributed by atoms with Gasteiger partial charge in [0, 0.05) is 23.2 Å². The van der Waals surface area contributed by atoms with Gasteiger partial charge in [0.05, 0.1) is 12.4 Å². The average Bonchev–Trinajstić information content (AvgIpc) is 2.93. The number of Topliss-reactive ketones (excluding diaryl/α,β-unsaturated/α-hetero) is 1. The lowest BCUT2D eigenvalue weighted by molar-refractivity contribution is -0.226. The molecule has 0 saturated heterocycles. The summed E-state index contributed by atoms with van der Waals surface area (Å²) in [6.45, 7) is 2.70. The topological polar surface area (TPSA) is 118 Å². The Morgan fingerprint density at radius 2 is 1.90 bits per heavy atom. The number of allylic oxidation sites excluding steroid dienone is 1. The quantitative estimate of drug-likeness (QED) is 0.618. The Hall–Kier alpha value is -1.16. The summed E-state index contributed by atoms with van der Waals surface area (Å²) in [5, 5.41) is 22.6. The molecule has 0 aromatic carbocycles. The Morgan fingerprint density at radius 1 is 1.23 bits per heavy atom. The number of rotatable bonds is 4. The molecule has 1 unspecified atom stereocenters. The highest BCUT2D eigenvalue weighted by Crippen LogP contribution is 2.70. The van der Waals surface area contributed by atoms with E-state index in [1.54, 1.807) is 19.9 Å². The van der Waals surface area contributed by atoms with E-state index < -0.39 is 56.6 Å². The lowest BCUT2D eigenvalue weighted by atomic mass is 9.44. The Bertz CT molecular complexity index is 961. The lowest BCUT2D eigenvalue weighted by Crippen LogP contribution is -2.69. The molecule has 3 fully saturated rings. The van der Waals surface area contributed by atoms with Crippen LogP contribution in [0.2, 0.25) is 0 Å². The zero-order chi connectivity index (χ0) is 23.0. The number of carbonyl (C=O) groups excluding carboxylic acids is 2. The number of hydrogen-bond acceptors (Lipinski definition) is 7. The van der Waals surface area contributed by atoms with Crippen molar-refractivity contribution in [2.75, 3.05) is 12.9 Å². The van der Waals surface area contributed by atoms with Crippen molar-refractivity contribution in [2.45, 2.75) is 76.2 Å². The summed E-state index contributed by atoms with van der Waals surface area (Å²) in [6, 6.07) is 0. The third kappa shape index (κ3) is 3.03. The van der Waals surface area contributed by atoms with E-state index in [-0.39, 0.29) is 31.0 Å². The van der Waals surface area contributed by atoms with Crippen LogP contribution in [0, 0.1) is 22.7 Å². The highest BCUT2D eigenvalue weighted by molar-refractivity contribution is 7.86. The molecule has 7 atom stereocenters. The first kappa shape index (κ1) is 23.0. The molecule has 0 spiro atoms. The van der Waals surface area contributed by atoms with E-state index in [1.807, 2.05) is 0 Å². The molecule has 4 rings (SSSR count). The molecular formula is C22H31FO7S. The van der Waals surface area contributed by atoms with Gasteiger partial charge < -0.3 is 10.2 Å². The van der Waals surface area contributed by atoms with Gasteiger partial charge in [-0.1, -0.05) is 19.4 Å². The lowest BCUT2D eigenvalue weighted by Gasteiger charge is -2.63. The minimum Gasteiger partial charge on any atom is -0.390 e. The first-order valence-corrected chi connectivity index (χ1v) is 12.7. The summed E-state index contributed by atoms with van der Waals surface area (Å²) in [6.07, 6.45) is 2.82. The average molecular weight is 459 g/mol. The largest absolute Gasteiger partial charge is 0.390 e. The molecule has 4 aliphatic rings. The minimum absolute atomic E-state index is 0.0172. The zero-order valence-electron chi connectivity index (χ0n) is 18.2. The monoisotopic (exact) mass is 458 g/mol.